The van der Waals surface area contributed by atoms with Gasteiger partial charge in [0.05, 0.1) is 0 Å². The van der Waals surface area contributed by atoms with Gasteiger partial charge in [-0.05, 0) is 68.1 Å². The standard InChI is InChI=1S/C22H44.C22H46/c1-6-8-13-17-21(18-14-9-7-2)19-15-11-10-12-16-20-22(3,4)5;1-6-8-10-12-14-17-21(18-15-13-11-9-7-2)19-16-20-22(3,4)5/h19H,6-18,20H2,1-5H3;21H,6-20H2,1-5H3. The van der Waals surface area contributed by atoms with Crippen LogP contribution in [0.3, 0.4) is 0 Å². The molecule has 0 heteroatoms. The van der Waals surface area contributed by atoms with Crippen LogP contribution < -0.4 is 0 Å². The van der Waals surface area contributed by atoms with Gasteiger partial charge in [0.25, 0.3) is 0 Å². The van der Waals surface area contributed by atoms with Gasteiger partial charge in [0, 0.05) is 0 Å². The molecule has 0 N–H and O–H groups in total. The Morgan fingerprint density at radius 1 is 0.409 bits per heavy atom. The second kappa shape index (κ2) is 32.7. The van der Waals surface area contributed by atoms with E-state index in [2.05, 4.69) is 75.3 Å². The Hall–Kier alpha value is -0.260. The first-order valence-electron chi connectivity index (χ1n) is 20.7. The zero-order chi connectivity index (χ0) is 33.4. The van der Waals surface area contributed by atoms with Crippen LogP contribution in [0.1, 0.15) is 255 Å². The quantitative estimate of drug-likeness (QED) is 0.0578. The predicted molar refractivity (Wildman–Crippen MR) is 207 cm³/mol. The summed E-state index contributed by atoms with van der Waals surface area (Å²) in [5.41, 5.74) is 2.80. The van der Waals surface area contributed by atoms with Crippen molar-refractivity contribution in [1.82, 2.24) is 0 Å². The molecule has 0 atom stereocenters. The lowest BCUT2D eigenvalue weighted by molar-refractivity contribution is 0.314. The first kappa shape index (κ1) is 45.9. The number of hydrogen-bond donors (Lipinski definition) is 0. The van der Waals surface area contributed by atoms with Crippen LogP contribution in [0.25, 0.3) is 0 Å². The van der Waals surface area contributed by atoms with Crippen molar-refractivity contribution in [3.8, 4) is 0 Å². The zero-order valence-electron chi connectivity index (χ0n) is 33.2. The minimum atomic E-state index is 0.519. The van der Waals surface area contributed by atoms with E-state index in [1.165, 1.54) is 186 Å². The Bertz CT molecular complexity index is 542. The van der Waals surface area contributed by atoms with Crippen molar-refractivity contribution < 1.29 is 0 Å². The van der Waals surface area contributed by atoms with Crippen molar-refractivity contribution in [2.75, 3.05) is 0 Å². The Morgan fingerprint density at radius 2 is 0.773 bits per heavy atom. The van der Waals surface area contributed by atoms with Gasteiger partial charge in [-0.1, -0.05) is 216 Å². The van der Waals surface area contributed by atoms with E-state index in [1.807, 2.05) is 0 Å². The van der Waals surface area contributed by atoms with E-state index in [-0.39, 0.29) is 0 Å². The third-order valence-electron chi connectivity index (χ3n) is 9.49. The number of rotatable bonds is 29. The normalized spacial score (nSPS) is 12.0. The zero-order valence-corrected chi connectivity index (χ0v) is 33.2. The summed E-state index contributed by atoms with van der Waals surface area (Å²) in [7, 11) is 0. The van der Waals surface area contributed by atoms with Crippen molar-refractivity contribution in [2.24, 2.45) is 16.7 Å². The molecule has 0 aliphatic heterocycles. The topological polar surface area (TPSA) is 0 Å². The van der Waals surface area contributed by atoms with Crippen LogP contribution in [-0.2, 0) is 0 Å². The van der Waals surface area contributed by atoms with Gasteiger partial charge in [-0.15, -0.1) is 0 Å². The van der Waals surface area contributed by atoms with E-state index in [0.29, 0.717) is 10.8 Å². The maximum atomic E-state index is 2.59. The Morgan fingerprint density at radius 3 is 1.23 bits per heavy atom. The van der Waals surface area contributed by atoms with Crippen molar-refractivity contribution in [1.29, 1.82) is 0 Å². The fourth-order valence-corrected chi connectivity index (χ4v) is 6.42. The molecule has 0 aromatic carbocycles. The summed E-state index contributed by atoms with van der Waals surface area (Å²) < 4.78 is 0. The average molecular weight is 619 g/mol. The molecule has 0 aliphatic rings. The molecule has 0 aromatic rings. The van der Waals surface area contributed by atoms with E-state index < -0.39 is 0 Å². The molecular formula is C44H90. The van der Waals surface area contributed by atoms with Gasteiger partial charge in [-0.2, -0.15) is 0 Å². The number of hydrogen-bond acceptors (Lipinski definition) is 0. The van der Waals surface area contributed by atoms with Crippen molar-refractivity contribution in [2.45, 2.75) is 255 Å². The highest BCUT2D eigenvalue weighted by Crippen LogP contribution is 2.28. The second-order valence-electron chi connectivity index (χ2n) is 17.0. The summed E-state index contributed by atoms with van der Waals surface area (Å²) in [5, 5.41) is 0. The van der Waals surface area contributed by atoms with Gasteiger partial charge < -0.3 is 0 Å². The monoisotopic (exact) mass is 619 g/mol. The van der Waals surface area contributed by atoms with Crippen LogP contribution >= 0.6 is 0 Å². The molecule has 0 bridgehead atoms. The lowest BCUT2D eigenvalue weighted by Crippen LogP contribution is -2.07. The van der Waals surface area contributed by atoms with Gasteiger partial charge >= 0.3 is 0 Å². The molecule has 0 saturated carbocycles. The van der Waals surface area contributed by atoms with Crippen molar-refractivity contribution >= 4 is 0 Å². The average Bonchev–Trinajstić information content (AvgIpc) is 2.95. The molecule has 0 heterocycles. The lowest BCUT2D eigenvalue weighted by Gasteiger charge is -2.21. The van der Waals surface area contributed by atoms with Crippen LogP contribution in [0.2, 0.25) is 0 Å². The third-order valence-corrected chi connectivity index (χ3v) is 9.49. The Balaban J connectivity index is 0. The third kappa shape index (κ3) is 39.8. The molecule has 0 unspecified atom stereocenters. The minimum absolute atomic E-state index is 0.519. The Kier molecular flexibility index (Phi) is 34.1. The molecule has 0 radical (unpaired) electrons. The van der Waals surface area contributed by atoms with Crippen molar-refractivity contribution in [3.63, 3.8) is 0 Å². The fraction of sp³-hybridized carbons (Fsp3) is 0.955. The molecule has 0 saturated heterocycles. The van der Waals surface area contributed by atoms with E-state index in [1.54, 1.807) is 5.57 Å². The van der Waals surface area contributed by atoms with Crippen LogP contribution in [0.5, 0.6) is 0 Å². The first-order valence-corrected chi connectivity index (χ1v) is 20.7. The summed E-state index contributed by atoms with van der Waals surface area (Å²) in [6.45, 7) is 23.5. The SMILES string of the molecule is CCCCCC(=CCCCCCCC(C)(C)C)CCCCC.CCCCCCCC(CCCCCCC)CCCC(C)(C)C. The summed E-state index contributed by atoms with van der Waals surface area (Å²) in [6.07, 6.45) is 43.7. The molecule has 0 nitrogen and oxygen atoms in total. The summed E-state index contributed by atoms with van der Waals surface area (Å²) in [5.74, 6) is 1.02. The van der Waals surface area contributed by atoms with Gasteiger partial charge in [-0.3, -0.25) is 0 Å². The van der Waals surface area contributed by atoms with E-state index in [9.17, 15) is 0 Å². The van der Waals surface area contributed by atoms with Gasteiger partial charge in [-0.25, -0.2) is 0 Å². The molecule has 0 spiro atoms. The molecule has 44 heavy (non-hydrogen) atoms. The molecule has 266 valence electrons. The van der Waals surface area contributed by atoms with Crippen LogP contribution in [0.4, 0.5) is 0 Å². The summed E-state index contributed by atoms with van der Waals surface area (Å²) >= 11 is 0. The molecule has 0 aliphatic carbocycles. The molecule has 0 aromatic heterocycles. The molecule has 0 rings (SSSR count). The second-order valence-corrected chi connectivity index (χ2v) is 17.0. The van der Waals surface area contributed by atoms with Crippen LogP contribution in [0.15, 0.2) is 11.6 Å². The highest BCUT2D eigenvalue weighted by molar-refractivity contribution is 5.01. The Labute approximate surface area is 283 Å². The largest absolute Gasteiger partial charge is 0.0853 e. The summed E-state index contributed by atoms with van der Waals surface area (Å²) in [6, 6.07) is 0. The molecule has 0 amide bonds. The van der Waals surface area contributed by atoms with Gasteiger partial charge in [0.1, 0.15) is 0 Å². The lowest BCUT2D eigenvalue weighted by atomic mass is 9.85. The predicted octanol–water partition coefficient (Wildman–Crippen LogP) is 17.0. The van der Waals surface area contributed by atoms with Gasteiger partial charge in [0.15, 0.2) is 0 Å². The first-order chi connectivity index (χ1) is 21.0. The highest BCUT2D eigenvalue weighted by atomic mass is 14.2. The number of unbranched alkanes of at least 4 members (excludes halogenated alkanes) is 16. The van der Waals surface area contributed by atoms with Crippen molar-refractivity contribution in [3.05, 3.63) is 11.6 Å². The maximum Gasteiger partial charge on any atom is -0.0320 e. The van der Waals surface area contributed by atoms with Crippen LogP contribution in [0, 0.1) is 16.7 Å². The number of allylic oxidation sites excluding steroid dienone is 2. The highest BCUT2D eigenvalue weighted by Gasteiger charge is 2.13. The van der Waals surface area contributed by atoms with E-state index in [0.717, 1.165) is 5.92 Å². The fourth-order valence-electron chi connectivity index (χ4n) is 6.42. The smallest absolute Gasteiger partial charge is 0.0320 e. The maximum absolute atomic E-state index is 2.59. The van der Waals surface area contributed by atoms with Crippen LogP contribution in [-0.4, -0.2) is 0 Å². The molecular weight excluding hydrogens is 528 g/mol. The van der Waals surface area contributed by atoms with Gasteiger partial charge in [0.2, 0.25) is 0 Å². The molecule has 0 fully saturated rings. The summed E-state index contributed by atoms with van der Waals surface area (Å²) in [4.78, 5) is 0. The minimum Gasteiger partial charge on any atom is -0.0853 e. The van der Waals surface area contributed by atoms with E-state index in [4.69, 9.17) is 0 Å². The van der Waals surface area contributed by atoms with E-state index >= 15 is 0 Å².